The van der Waals surface area contributed by atoms with E-state index in [1.165, 1.54) is 64.2 Å². The molecular weight excluding hydrogens is 380 g/mol. The van der Waals surface area contributed by atoms with Crippen molar-refractivity contribution in [3.63, 3.8) is 0 Å². The maximum atomic E-state index is 6.09. The minimum Gasteiger partial charge on any atom is -0.344 e. The van der Waals surface area contributed by atoms with Crippen LogP contribution in [0.5, 0.6) is 0 Å². The normalized spacial score (nSPS) is 44.6. The maximum Gasteiger partial charge on any atom is 0.188 e. The van der Waals surface area contributed by atoms with Crippen LogP contribution in [0.3, 0.4) is 0 Å². The van der Waals surface area contributed by atoms with Gasteiger partial charge in [-0.1, -0.05) is 59.5 Å². The fraction of sp³-hybridized carbons (Fsp3) is 0.931. The number of hydrogen-bond acceptors (Lipinski definition) is 2. The quantitative estimate of drug-likeness (QED) is 0.416. The molecule has 4 aliphatic carbocycles. The Bertz CT molecular complexity index is 689. The number of rotatable bonds is 5. The van der Waals surface area contributed by atoms with E-state index in [4.69, 9.17) is 9.47 Å². The van der Waals surface area contributed by atoms with Crippen molar-refractivity contribution in [3.8, 4) is 0 Å². The van der Waals surface area contributed by atoms with Gasteiger partial charge in [-0.2, -0.15) is 0 Å². The second-order valence-electron chi connectivity index (χ2n) is 13.0. The minimum atomic E-state index is -0.366. The summed E-state index contributed by atoms with van der Waals surface area (Å²) in [4.78, 5) is 0. The summed E-state index contributed by atoms with van der Waals surface area (Å²) in [5.74, 6) is 5.17. The molecule has 2 heteroatoms. The van der Waals surface area contributed by atoms with Crippen LogP contribution in [-0.4, -0.2) is 19.0 Å². The molecule has 1 spiro atoms. The molecule has 5 aliphatic rings. The molecule has 2 nitrogen and oxygen atoms in total. The van der Waals surface area contributed by atoms with Crippen molar-refractivity contribution in [1.29, 1.82) is 0 Å². The molecule has 1 aliphatic heterocycles. The monoisotopic (exact) mass is 428 g/mol. The Morgan fingerprint density at radius 3 is 2.42 bits per heavy atom. The van der Waals surface area contributed by atoms with Crippen LogP contribution in [-0.2, 0) is 9.47 Å². The molecule has 7 atom stereocenters. The van der Waals surface area contributed by atoms with Crippen molar-refractivity contribution in [2.45, 2.75) is 111 Å². The van der Waals surface area contributed by atoms with Gasteiger partial charge in [0.25, 0.3) is 0 Å². The Hall–Kier alpha value is -0.340. The van der Waals surface area contributed by atoms with Gasteiger partial charge < -0.3 is 9.47 Å². The lowest BCUT2D eigenvalue weighted by Gasteiger charge is -2.59. The van der Waals surface area contributed by atoms with Crippen molar-refractivity contribution < 1.29 is 9.47 Å². The fourth-order valence-electron chi connectivity index (χ4n) is 9.40. The molecule has 0 aromatic heterocycles. The van der Waals surface area contributed by atoms with Gasteiger partial charge in [0.05, 0.1) is 13.2 Å². The van der Waals surface area contributed by atoms with Crippen LogP contribution in [0.4, 0.5) is 0 Å². The van der Waals surface area contributed by atoms with Crippen LogP contribution >= 0.6 is 0 Å². The second kappa shape index (κ2) is 8.15. The van der Waals surface area contributed by atoms with E-state index < -0.39 is 0 Å². The molecule has 0 bridgehead atoms. The second-order valence-corrected chi connectivity index (χ2v) is 13.0. The zero-order valence-electron chi connectivity index (χ0n) is 21.1. The summed E-state index contributed by atoms with van der Waals surface area (Å²) in [6.45, 7) is 14.2. The molecule has 1 saturated heterocycles. The summed E-state index contributed by atoms with van der Waals surface area (Å²) in [7, 11) is 0. The SMILES string of the molecule is CC(C)CCC[C@@H](C)[C@H]1CC[C@H]2[C@@H]3CCC4=CC5(CC[C@]4(C)[C@H]3CC[C@]12C)OCCO5. The van der Waals surface area contributed by atoms with E-state index in [0.717, 1.165) is 55.1 Å². The summed E-state index contributed by atoms with van der Waals surface area (Å²) in [5.41, 5.74) is 2.68. The summed E-state index contributed by atoms with van der Waals surface area (Å²) in [6, 6.07) is 0. The van der Waals surface area contributed by atoms with Crippen molar-refractivity contribution >= 4 is 0 Å². The molecule has 4 fully saturated rings. The first-order valence-corrected chi connectivity index (χ1v) is 13.8. The highest BCUT2D eigenvalue weighted by Crippen LogP contribution is 2.68. The van der Waals surface area contributed by atoms with E-state index >= 15 is 0 Å². The summed E-state index contributed by atoms with van der Waals surface area (Å²) in [5, 5.41) is 0. The molecular formula is C29H48O2. The first kappa shape index (κ1) is 22.5. The van der Waals surface area contributed by atoms with Crippen LogP contribution in [0.1, 0.15) is 105 Å². The molecule has 0 aromatic carbocycles. The molecule has 0 aromatic rings. The number of allylic oxidation sites excluding steroid dienone is 1. The number of fused-ring (bicyclic) bond motifs is 5. The Labute approximate surface area is 191 Å². The molecule has 176 valence electrons. The van der Waals surface area contributed by atoms with Gasteiger partial charge in [-0.25, -0.2) is 0 Å². The predicted octanol–water partition coefficient (Wildman–Crippen LogP) is 7.77. The first-order chi connectivity index (χ1) is 14.8. The maximum absolute atomic E-state index is 6.09. The summed E-state index contributed by atoms with van der Waals surface area (Å²) in [6.07, 6.45) is 17.7. The molecule has 31 heavy (non-hydrogen) atoms. The largest absolute Gasteiger partial charge is 0.344 e. The number of hydrogen-bond donors (Lipinski definition) is 0. The minimum absolute atomic E-state index is 0.366. The lowest BCUT2D eigenvalue weighted by atomic mass is 9.46. The summed E-state index contributed by atoms with van der Waals surface area (Å²) >= 11 is 0. The van der Waals surface area contributed by atoms with E-state index in [0.29, 0.717) is 10.8 Å². The van der Waals surface area contributed by atoms with Gasteiger partial charge in [-0.05, 0) is 97.4 Å². The van der Waals surface area contributed by atoms with Crippen LogP contribution < -0.4 is 0 Å². The van der Waals surface area contributed by atoms with Crippen molar-refractivity contribution in [2.75, 3.05) is 13.2 Å². The Morgan fingerprint density at radius 1 is 0.903 bits per heavy atom. The highest BCUT2D eigenvalue weighted by Gasteiger charge is 2.60. The molecule has 5 rings (SSSR count). The first-order valence-electron chi connectivity index (χ1n) is 13.8. The molecule has 0 radical (unpaired) electrons. The molecule has 1 heterocycles. The van der Waals surface area contributed by atoms with Gasteiger partial charge in [0, 0.05) is 6.42 Å². The third-order valence-corrected chi connectivity index (χ3v) is 11.1. The van der Waals surface area contributed by atoms with E-state index in [9.17, 15) is 0 Å². The highest BCUT2D eigenvalue weighted by atomic mass is 16.7. The lowest BCUT2D eigenvalue weighted by molar-refractivity contribution is -0.144. The van der Waals surface area contributed by atoms with Crippen molar-refractivity contribution in [3.05, 3.63) is 11.6 Å². The zero-order valence-corrected chi connectivity index (χ0v) is 21.1. The van der Waals surface area contributed by atoms with E-state index in [1.807, 2.05) is 0 Å². The van der Waals surface area contributed by atoms with Crippen LogP contribution in [0.25, 0.3) is 0 Å². The predicted molar refractivity (Wildman–Crippen MR) is 128 cm³/mol. The van der Waals surface area contributed by atoms with Crippen LogP contribution in [0.15, 0.2) is 11.6 Å². The van der Waals surface area contributed by atoms with Crippen LogP contribution in [0.2, 0.25) is 0 Å². The van der Waals surface area contributed by atoms with Gasteiger partial charge in [0.15, 0.2) is 5.79 Å². The van der Waals surface area contributed by atoms with Crippen LogP contribution in [0, 0.1) is 46.3 Å². The highest BCUT2D eigenvalue weighted by molar-refractivity contribution is 5.27. The van der Waals surface area contributed by atoms with Gasteiger partial charge in [-0.3, -0.25) is 0 Å². The summed E-state index contributed by atoms with van der Waals surface area (Å²) < 4.78 is 12.2. The van der Waals surface area contributed by atoms with Gasteiger partial charge in [0.2, 0.25) is 0 Å². The molecule has 3 saturated carbocycles. The molecule has 0 N–H and O–H groups in total. The van der Waals surface area contributed by atoms with Gasteiger partial charge in [-0.15, -0.1) is 0 Å². The van der Waals surface area contributed by atoms with E-state index in [1.54, 1.807) is 5.57 Å². The topological polar surface area (TPSA) is 18.5 Å². The Kier molecular flexibility index (Phi) is 5.91. The third kappa shape index (κ3) is 3.67. The van der Waals surface area contributed by atoms with E-state index in [-0.39, 0.29) is 5.79 Å². The van der Waals surface area contributed by atoms with Gasteiger partial charge in [0.1, 0.15) is 0 Å². The molecule has 0 unspecified atom stereocenters. The number of ether oxygens (including phenoxy) is 2. The average Bonchev–Trinajstić information content (AvgIpc) is 3.32. The van der Waals surface area contributed by atoms with Crippen molar-refractivity contribution in [2.24, 2.45) is 46.3 Å². The Morgan fingerprint density at radius 2 is 1.68 bits per heavy atom. The standard InChI is InChI=1S/C29H48O2/c1-20(2)7-6-8-21(3)24-11-12-25-23-10-9-22-19-29(30-17-18-31-29)16-15-27(22,4)26(23)13-14-28(24,25)5/h19-21,23-26H,6-18H2,1-5H3/t21-,23+,24-,25+,26+,27+,28-/m1/s1. The zero-order chi connectivity index (χ0) is 21.9. The Balaban J connectivity index is 1.31. The van der Waals surface area contributed by atoms with E-state index in [2.05, 4.69) is 40.7 Å². The fourth-order valence-corrected chi connectivity index (χ4v) is 9.40. The molecule has 0 amide bonds. The third-order valence-electron chi connectivity index (χ3n) is 11.1. The smallest absolute Gasteiger partial charge is 0.188 e. The van der Waals surface area contributed by atoms with Gasteiger partial charge >= 0.3 is 0 Å². The lowest BCUT2D eigenvalue weighted by Crippen LogP contribution is -2.52. The van der Waals surface area contributed by atoms with Crippen molar-refractivity contribution in [1.82, 2.24) is 0 Å². The average molecular weight is 429 g/mol.